The Bertz CT molecular complexity index is 754. The molecule has 3 atom stereocenters. The average Bonchev–Trinajstić information content (AvgIpc) is 2.77. The Morgan fingerprint density at radius 2 is 1.50 bits per heavy atom. The van der Waals surface area contributed by atoms with Crippen LogP contribution < -0.4 is 4.74 Å². The summed E-state index contributed by atoms with van der Waals surface area (Å²) in [6.07, 6.45) is 13.8. The normalized spacial score (nSPS) is 19.7. The molecule has 1 aromatic carbocycles. The molecular weight excluding hydrogens is 420 g/mol. The second-order valence-electron chi connectivity index (χ2n) is 11.9. The molecule has 0 fully saturated rings. The zero-order chi connectivity index (χ0) is 25.3. The largest absolute Gasteiger partial charge is 0.507 e. The van der Waals surface area contributed by atoms with Crippen molar-refractivity contribution in [2.75, 3.05) is 6.61 Å². The molecule has 196 valence electrons. The van der Waals surface area contributed by atoms with E-state index in [1.165, 1.54) is 51.4 Å². The first-order valence-electron chi connectivity index (χ1n) is 14.2. The number of hydrogen-bond acceptors (Lipinski definition) is 3. The average molecular weight is 475 g/mol. The lowest BCUT2D eigenvalue weighted by Gasteiger charge is -2.38. The predicted molar refractivity (Wildman–Crippen MR) is 145 cm³/mol. The molecule has 1 aliphatic rings. The summed E-state index contributed by atoms with van der Waals surface area (Å²) in [6.45, 7) is 19.0. The SMILES string of the molecule is CCOCc1c(O)c(C)c(C)c2c1CC[C@@](C)(CCCC(C)CCCC(C)CCCC(C)C)O2. The van der Waals surface area contributed by atoms with Gasteiger partial charge in [-0.2, -0.15) is 0 Å². The molecule has 1 aromatic rings. The summed E-state index contributed by atoms with van der Waals surface area (Å²) >= 11 is 0. The summed E-state index contributed by atoms with van der Waals surface area (Å²) < 4.78 is 12.4. The highest BCUT2D eigenvalue weighted by molar-refractivity contribution is 5.58. The molecule has 0 aromatic heterocycles. The molecule has 1 heterocycles. The second kappa shape index (κ2) is 13.8. The van der Waals surface area contributed by atoms with Crippen LogP contribution in [0.5, 0.6) is 11.5 Å². The Hall–Kier alpha value is -1.22. The quantitative estimate of drug-likeness (QED) is 0.275. The van der Waals surface area contributed by atoms with Crippen LogP contribution in [0.15, 0.2) is 0 Å². The lowest BCUT2D eigenvalue weighted by Crippen LogP contribution is -2.37. The maximum absolute atomic E-state index is 10.7. The number of aromatic hydroxyl groups is 1. The van der Waals surface area contributed by atoms with Crippen LogP contribution in [0.2, 0.25) is 0 Å². The minimum absolute atomic E-state index is 0.116. The van der Waals surface area contributed by atoms with E-state index in [-0.39, 0.29) is 5.60 Å². The summed E-state index contributed by atoms with van der Waals surface area (Å²) in [5, 5.41) is 10.7. The van der Waals surface area contributed by atoms with E-state index in [9.17, 15) is 5.11 Å². The third-order valence-electron chi connectivity index (χ3n) is 8.16. The molecule has 0 bridgehead atoms. The van der Waals surface area contributed by atoms with Crippen LogP contribution in [-0.2, 0) is 17.8 Å². The summed E-state index contributed by atoms with van der Waals surface area (Å²) in [6, 6.07) is 0. The van der Waals surface area contributed by atoms with Crippen molar-refractivity contribution in [3.05, 3.63) is 22.3 Å². The molecule has 34 heavy (non-hydrogen) atoms. The van der Waals surface area contributed by atoms with Crippen molar-refractivity contribution in [3.63, 3.8) is 0 Å². The zero-order valence-electron chi connectivity index (χ0n) is 23.7. The van der Waals surface area contributed by atoms with Crippen molar-refractivity contribution in [1.82, 2.24) is 0 Å². The number of phenolic OH excluding ortho intramolecular Hbond substituents is 1. The summed E-state index contributed by atoms with van der Waals surface area (Å²) in [5.74, 6) is 3.89. The Kier molecular flexibility index (Phi) is 11.7. The van der Waals surface area contributed by atoms with Gasteiger partial charge in [0.05, 0.1) is 6.61 Å². The highest BCUT2D eigenvalue weighted by atomic mass is 16.5. The van der Waals surface area contributed by atoms with Crippen molar-refractivity contribution in [1.29, 1.82) is 0 Å². The molecule has 1 N–H and O–H groups in total. The van der Waals surface area contributed by atoms with E-state index in [1.54, 1.807) is 0 Å². The van der Waals surface area contributed by atoms with Crippen LogP contribution >= 0.6 is 0 Å². The van der Waals surface area contributed by atoms with Gasteiger partial charge in [-0.15, -0.1) is 0 Å². The highest BCUT2D eigenvalue weighted by Crippen LogP contribution is 2.45. The first-order chi connectivity index (χ1) is 16.1. The van der Waals surface area contributed by atoms with Gasteiger partial charge >= 0.3 is 0 Å². The molecule has 2 rings (SSSR count). The Morgan fingerprint density at radius 3 is 2.09 bits per heavy atom. The number of rotatable bonds is 15. The van der Waals surface area contributed by atoms with Gasteiger partial charge in [-0.1, -0.05) is 72.6 Å². The third kappa shape index (κ3) is 8.47. The standard InChI is InChI=1S/C31H54O3/c1-9-33-21-28-27-18-20-31(8,34-30(27)26(7)25(6)29(28)32)19-12-17-24(5)16-11-15-23(4)14-10-13-22(2)3/h22-24,32H,9-21H2,1-8H3/t23?,24?,31-/m1/s1. The third-order valence-corrected chi connectivity index (χ3v) is 8.16. The number of benzene rings is 1. The monoisotopic (exact) mass is 474 g/mol. The minimum Gasteiger partial charge on any atom is -0.507 e. The van der Waals surface area contributed by atoms with E-state index in [4.69, 9.17) is 9.47 Å². The number of phenols is 1. The van der Waals surface area contributed by atoms with Gasteiger partial charge < -0.3 is 14.6 Å². The first-order valence-corrected chi connectivity index (χ1v) is 14.2. The van der Waals surface area contributed by atoms with Gasteiger partial charge in [0.2, 0.25) is 0 Å². The van der Waals surface area contributed by atoms with Crippen LogP contribution in [0.25, 0.3) is 0 Å². The smallest absolute Gasteiger partial charge is 0.127 e. The summed E-state index contributed by atoms with van der Waals surface area (Å²) in [5.41, 5.74) is 3.96. The fraction of sp³-hybridized carbons (Fsp3) is 0.806. The highest BCUT2D eigenvalue weighted by Gasteiger charge is 2.35. The van der Waals surface area contributed by atoms with E-state index in [2.05, 4.69) is 41.5 Å². The van der Waals surface area contributed by atoms with E-state index in [0.717, 1.165) is 65.0 Å². The van der Waals surface area contributed by atoms with Gasteiger partial charge in [-0.05, 0) is 82.3 Å². The molecule has 2 unspecified atom stereocenters. The van der Waals surface area contributed by atoms with Gasteiger partial charge in [0.1, 0.15) is 17.1 Å². The zero-order valence-corrected chi connectivity index (χ0v) is 23.7. The molecule has 0 saturated carbocycles. The second-order valence-corrected chi connectivity index (χ2v) is 11.9. The van der Waals surface area contributed by atoms with E-state index < -0.39 is 0 Å². The van der Waals surface area contributed by atoms with Crippen LogP contribution in [0.1, 0.15) is 128 Å². The number of fused-ring (bicyclic) bond motifs is 1. The lowest BCUT2D eigenvalue weighted by molar-refractivity contribution is 0.0498. The topological polar surface area (TPSA) is 38.7 Å². The van der Waals surface area contributed by atoms with E-state index in [0.29, 0.717) is 19.0 Å². The molecular formula is C31H54O3. The summed E-state index contributed by atoms with van der Waals surface area (Å²) in [7, 11) is 0. The minimum atomic E-state index is -0.116. The molecule has 0 saturated heterocycles. The van der Waals surface area contributed by atoms with Gasteiger partial charge in [0.25, 0.3) is 0 Å². The Labute approximate surface area is 211 Å². The van der Waals surface area contributed by atoms with Crippen LogP contribution in [0, 0.1) is 31.6 Å². The van der Waals surface area contributed by atoms with Crippen molar-refractivity contribution < 1.29 is 14.6 Å². The van der Waals surface area contributed by atoms with Crippen LogP contribution in [0.3, 0.4) is 0 Å². The van der Waals surface area contributed by atoms with Gasteiger partial charge in [0, 0.05) is 17.7 Å². The molecule has 0 spiro atoms. The molecule has 3 nitrogen and oxygen atoms in total. The lowest BCUT2D eigenvalue weighted by atomic mass is 9.83. The van der Waals surface area contributed by atoms with Crippen molar-refractivity contribution in [3.8, 4) is 11.5 Å². The van der Waals surface area contributed by atoms with E-state index in [1.807, 2.05) is 13.8 Å². The molecule has 0 radical (unpaired) electrons. The van der Waals surface area contributed by atoms with E-state index >= 15 is 0 Å². The van der Waals surface area contributed by atoms with Gasteiger partial charge in [0.15, 0.2) is 0 Å². The van der Waals surface area contributed by atoms with Gasteiger partial charge in [-0.25, -0.2) is 0 Å². The maximum atomic E-state index is 10.7. The predicted octanol–water partition coefficient (Wildman–Crippen LogP) is 9.07. The molecule has 0 aliphatic carbocycles. The number of ether oxygens (including phenoxy) is 2. The van der Waals surface area contributed by atoms with Crippen LogP contribution in [-0.4, -0.2) is 17.3 Å². The Balaban J connectivity index is 1.82. The Morgan fingerprint density at radius 1 is 0.912 bits per heavy atom. The fourth-order valence-corrected chi connectivity index (χ4v) is 5.51. The molecule has 0 amide bonds. The number of hydrogen-bond donors (Lipinski definition) is 1. The first kappa shape index (κ1) is 29.0. The fourth-order valence-electron chi connectivity index (χ4n) is 5.51. The molecule has 1 aliphatic heterocycles. The molecule has 3 heteroatoms. The van der Waals surface area contributed by atoms with Gasteiger partial charge in [-0.3, -0.25) is 0 Å². The van der Waals surface area contributed by atoms with Crippen molar-refractivity contribution >= 4 is 0 Å². The van der Waals surface area contributed by atoms with Crippen LogP contribution in [0.4, 0.5) is 0 Å². The summed E-state index contributed by atoms with van der Waals surface area (Å²) in [4.78, 5) is 0. The van der Waals surface area contributed by atoms with Crippen molar-refractivity contribution in [2.45, 2.75) is 138 Å². The van der Waals surface area contributed by atoms with Crippen molar-refractivity contribution in [2.24, 2.45) is 17.8 Å². The maximum Gasteiger partial charge on any atom is 0.127 e.